The van der Waals surface area contributed by atoms with E-state index in [2.05, 4.69) is 10.3 Å². The lowest BCUT2D eigenvalue weighted by Crippen LogP contribution is -2.18. The fourth-order valence-corrected chi connectivity index (χ4v) is 1.12. The number of aromatic nitrogens is 2. The summed E-state index contributed by atoms with van der Waals surface area (Å²) >= 11 is 0. The minimum Gasteiger partial charge on any atom is -0.304 e. The molecule has 1 aromatic carbocycles. The molecule has 0 unspecified atom stereocenters. The molecular formula is C10H8FN3O. The van der Waals surface area contributed by atoms with Gasteiger partial charge in [-0.15, -0.1) is 0 Å². The molecule has 76 valence electrons. The summed E-state index contributed by atoms with van der Waals surface area (Å²) in [6.45, 7) is 0. The molecule has 0 saturated heterocycles. The van der Waals surface area contributed by atoms with Crippen LogP contribution in [0.5, 0.6) is 0 Å². The summed E-state index contributed by atoms with van der Waals surface area (Å²) in [4.78, 5) is 15.2. The molecule has 0 bridgehead atoms. The van der Waals surface area contributed by atoms with Crippen molar-refractivity contribution in [2.45, 2.75) is 0 Å². The first-order chi connectivity index (χ1) is 7.27. The first kappa shape index (κ1) is 9.39. The van der Waals surface area contributed by atoms with Gasteiger partial charge in [0.05, 0.1) is 5.69 Å². The number of carbonyl (C=O) groups is 1. The molecule has 1 amide bonds. The molecule has 15 heavy (non-hydrogen) atoms. The smallest absolute Gasteiger partial charge is 0.304 e. The lowest BCUT2D eigenvalue weighted by molar-refractivity contribution is 0.253. The molecular weight excluding hydrogens is 197 g/mol. The van der Waals surface area contributed by atoms with Crippen molar-refractivity contribution in [1.29, 1.82) is 0 Å². The fraction of sp³-hybridized carbons (Fsp3) is 0. The van der Waals surface area contributed by atoms with Crippen molar-refractivity contribution >= 4 is 11.7 Å². The number of amides is 1. The summed E-state index contributed by atoms with van der Waals surface area (Å²) in [5, 5.41) is 2.42. The summed E-state index contributed by atoms with van der Waals surface area (Å²) in [6.07, 6.45) is 4.30. The standard InChI is InChI=1S/C10H8FN3O/c11-8-3-1-2-4-9(8)13-10(15)14-6-5-12-7-14/h1-7H,(H,13,15). The van der Waals surface area contributed by atoms with E-state index in [4.69, 9.17) is 0 Å². The molecule has 0 radical (unpaired) electrons. The lowest BCUT2D eigenvalue weighted by Gasteiger charge is -2.05. The number of para-hydroxylation sites is 1. The minimum atomic E-state index is -0.467. The SMILES string of the molecule is O=C(Nc1ccccc1F)n1ccnc1. The van der Waals surface area contributed by atoms with Crippen molar-refractivity contribution in [1.82, 2.24) is 9.55 Å². The van der Waals surface area contributed by atoms with Crippen LogP contribution in [0, 0.1) is 5.82 Å². The van der Waals surface area contributed by atoms with Gasteiger partial charge in [0.25, 0.3) is 0 Å². The average Bonchev–Trinajstić information content (AvgIpc) is 2.74. The zero-order valence-electron chi connectivity index (χ0n) is 7.72. The second kappa shape index (κ2) is 3.91. The van der Waals surface area contributed by atoms with E-state index in [1.54, 1.807) is 12.1 Å². The monoisotopic (exact) mass is 205 g/mol. The Hall–Kier alpha value is -2.17. The number of hydrogen-bond acceptors (Lipinski definition) is 2. The Balaban J connectivity index is 2.17. The predicted octanol–water partition coefficient (Wildman–Crippen LogP) is 2.10. The molecule has 0 fully saturated rings. The number of nitrogens with zero attached hydrogens (tertiary/aromatic N) is 2. The van der Waals surface area contributed by atoms with Crippen LogP contribution in [0.15, 0.2) is 43.0 Å². The quantitative estimate of drug-likeness (QED) is 0.774. The van der Waals surface area contributed by atoms with Crippen LogP contribution in [0.3, 0.4) is 0 Å². The van der Waals surface area contributed by atoms with Gasteiger partial charge in [0.15, 0.2) is 0 Å². The Morgan fingerprint density at radius 1 is 1.40 bits per heavy atom. The Labute approximate surface area is 85.4 Å². The van der Waals surface area contributed by atoms with E-state index in [9.17, 15) is 9.18 Å². The summed E-state index contributed by atoms with van der Waals surface area (Å²) in [6, 6.07) is 5.53. The highest BCUT2D eigenvalue weighted by atomic mass is 19.1. The van der Waals surface area contributed by atoms with Gasteiger partial charge in [0.1, 0.15) is 12.1 Å². The average molecular weight is 205 g/mol. The van der Waals surface area contributed by atoms with E-state index >= 15 is 0 Å². The van der Waals surface area contributed by atoms with Gasteiger partial charge in [-0.05, 0) is 12.1 Å². The number of nitrogens with one attached hydrogen (secondary N) is 1. The Kier molecular flexibility index (Phi) is 2.45. The molecule has 1 aromatic heterocycles. The molecule has 0 spiro atoms. The van der Waals surface area contributed by atoms with Crippen molar-refractivity contribution < 1.29 is 9.18 Å². The second-order valence-corrected chi connectivity index (χ2v) is 2.88. The normalized spacial score (nSPS) is 9.93. The topological polar surface area (TPSA) is 46.9 Å². The number of carbonyl (C=O) groups excluding carboxylic acids is 1. The number of rotatable bonds is 1. The van der Waals surface area contributed by atoms with E-state index in [1.807, 2.05) is 0 Å². The molecule has 1 heterocycles. The molecule has 0 saturated carbocycles. The van der Waals surface area contributed by atoms with Gasteiger partial charge >= 0.3 is 6.03 Å². The Morgan fingerprint density at radius 3 is 2.87 bits per heavy atom. The molecule has 0 aliphatic rings. The number of hydrogen-bond donors (Lipinski definition) is 1. The number of halogens is 1. The number of imidazole rings is 1. The molecule has 0 atom stereocenters. The highest BCUT2D eigenvalue weighted by molar-refractivity contribution is 5.90. The molecule has 5 heteroatoms. The third kappa shape index (κ3) is 2.01. The van der Waals surface area contributed by atoms with Crippen molar-refractivity contribution in [2.24, 2.45) is 0 Å². The van der Waals surface area contributed by atoms with Crippen molar-refractivity contribution in [3.8, 4) is 0 Å². The van der Waals surface area contributed by atoms with Crippen LogP contribution >= 0.6 is 0 Å². The highest BCUT2D eigenvalue weighted by Crippen LogP contribution is 2.12. The maximum atomic E-state index is 13.2. The van der Waals surface area contributed by atoms with Gasteiger partial charge in [-0.3, -0.25) is 4.57 Å². The molecule has 0 aliphatic heterocycles. The van der Waals surface area contributed by atoms with Crippen molar-refractivity contribution in [3.05, 3.63) is 48.8 Å². The fourth-order valence-electron chi connectivity index (χ4n) is 1.12. The molecule has 1 N–H and O–H groups in total. The zero-order chi connectivity index (χ0) is 10.7. The van der Waals surface area contributed by atoms with Crippen LogP contribution in [0.25, 0.3) is 0 Å². The van der Waals surface area contributed by atoms with Gasteiger partial charge in [-0.25, -0.2) is 14.2 Å². The maximum Gasteiger partial charge on any atom is 0.331 e. The predicted molar refractivity (Wildman–Crippen MR) is 53.0 cm³/mol. The van der Waals surface area contributed by atoms with Gasteiger partial charge in [0, 0.05) is 12.4 Å². The van der Waals surface area contributed by atoms with E-state index < -0.39 is 11.8 Å². The minimum absolute atomic E-state index is 0.149. The summed E-state index contributed by atoms with van der Waals surface area (Å²) in [5.74, 6) is -0.467. The molecule has 0 aliphatic carbocycles. The van der Waals surface area contributed by atoms with Crippen molar-refractivity contribution in [3.63, 3.8) is 0 Å². The van der Waals surface area contributed by atoms with E-state index in [1.165, 1.54) is 35.4 Å². The van der Waals surface area contributed by atoms with Crippen LogP contribution in [0.2, 0.25) is 0 Å². The first-order valence-corrected chi connectivity index (χ1v) is 4.31. The summed E-state index contributed by atoms with van der Waals surface area (Å²) in [5.41, 5.74) is 0.149. The van der Waals surface area contributed by atoms with Crippen LogP contribution in [-0.2, 0) is 0 Å². The number of benzene rings is 1. The Bertz CT molecular complexity index is 467. The Morgan fingerprint density at radius 2 is 2.20 bits per heavy atom. The van der Waals surface area contributed by atoms with Gasteiger partial charge in [-0.1, -0.05) is 12.1 Å². The third-order valence-corrected chi connectivity index (χ3v) is 1.85. The zero-order valence-corrected chi connectivity index (χ0v) is 7.72. The second-order valence-electron chi connectivity index (χ2n) is 2.88. The molecule has 4 nitrogen and oxygen atoms in total. The van der Waals surface area contributed by atoms with E-state index in [0.29, 0.717) is 0 Å². The van der Waals surface area contributed by atoms with E-state index in [-0.39, 0.29) is 5.69 Å². The largest absolute Gasteiger partial charge is 0.331 e. The summed E-state index contributed by atoms with van der Waals surface area (Å²) in [7, 11) is 0. The lowest BCUT2D eigenvalue weighted by atomic mass is 10.3. The number of anilines is 1. The maximum absolute atomic E-state index is 13.2. The van der Waals surface area contributed by atoms with Crippen molar-refractivity contribution in [2.75, 3.05) is 5.32 Å². The van der Waals surface area contributed by atoms with Crippen LogP contribution in [-0.4, -0.2) is 15.6 Å². The van der Waals surface area contributed by atoms with E-state index in [0.717, 1.165) is 0 Å². The van der Waals surface area contributed by atoms with Gasteiger partial charge < -0.3 is 5.32 Å². The van der Waals surface area contributed by atoms with Gasteiger partial charge in [0.2, 0.25) is 0 Å². The van der Waals surface area contributed by atoms with Gasteiger partial charge in [-0.2, -0.15) is 0 Å². The molecule has 2 aromatic rings. The highest BCUT2D eigenvalue weighted by Gasteiger charge is 2.06. The van der Waals surface area contributed by atoms with Crippen LogP contribution in [0.4, 0.5) is 14.9 Å². The molecule has 2 rings (SSSR count). The summed E-state index contributed by atoms with van der Waals surface area (Å²) < 4.78 is 14.4. The first-order valence-electron chi connectivity index (χ1n) is 4.31. The van der Waals surface area contributed by atoms with Crippen LogP contribution in [0.1, 0.15) is 0 Å². The van der Waals surface area contributed by atoms with Crippen LogP contribution < -0.4 is 5.32 Å². The third-order valence-electron chi connectivity index (χ3n) is 1.85.